The number of carbonyl (C=O) groups is 1. The van der Waals surface area contributed by atoms with Crippen LogP contribution in [0, 0.1) is 0 Å². The summed E-state index contributed by atoms with van der Waals surface area (Å²) < 4.78 is 43.4. The summed E-state index contributed by atoms with van der Waals surface area (Å²) in [5, 5.41) is 0. The number of amides is 2. The van der Waals surface area contributed by atoms with Gasteiger partial charge >= 0.3 is 15.3 Å². The number of sulfonamides is 1. The fraction of sp³-hybridized carbons (Fsp3) is 0.500. The molecule has 12 heavy (non-hydrogen) atoms. The van der Waals surface area contributed by atoms with Crippen molar-refractivity contribution in [1.82, 2.24) is 9.44 Å². The van der Waals surface area contributed by atoms with Crippen molar-refractivity contribution in [2.45, 2.75) is 0 Å². The predicted molar refractivity (Wildman–Crippen MR) is 41.3 cm³/mol. The summed E-state index contributed by atoms with van der Waals surface area (Å²) in [7, 11) is -3.47. The standard InChI is InChI=1S/C2H5ClN2O5S2/c1-11(7,8)4-2(6)5-12(3,9)10/h1H3,(H2,4,5,6). The van der Waals surface area contributed by atoms with Crippen LogP contribution in [0.1, 0.15) is 0 Å². The molecule has 0 unspecified atom stereocenters. The number of hydrogen-bond acceptors (Lipinski definition) is 5. The number of urea groups is 1. The summed E-state index contributed by atoms with van der Waals surface area (Å²) in [4.78, 5) is 10.4. The number of hydrogen-bond donors (Lipinski definition) is 2. The second-order valence-corrected chi connectivity index (χ2v) is 5.79. The zero-order valence-electron chi connectivity index (χ0n) is 5.74. The molecule has 72 valence electrons. The monoisotopic (exact) mass is 236 g/mol. The zero-order chi connectivity index (χ0) is 9.99. The van der Waals surface area contributed by atoms with E-state index < -0.39 is 25.3 Å². The van der Waals surface area contributed by atoms with Crippen LogP contribution in [0.2, 0.25) is 0 Å². The van der Waals surface area contributed by atoms with E-state index in [2.05, 4.69) is 10.7 Å². The smallest absolute Gasteiger partial charge is 0.247 e. The number of carbonyl (C=O) groups excluding carboxylic acids is 1. The van der Waals surface area contributed by atoms with Gasteiger partial charge in [0.25, 0.3) is 0 Å². The average molecular weight is 237 g/mol. The van der Waals surface area contributed by atoms with Crippen LogP contribution in [0.4, 0.5) is 4.79 Å². The minimum atomic E-state index is -4.25. The van der Waals surface area contributed by atoms with Crippen molar-refractivity contribution in [3.05, 3.63) is 0 Å². The first-order valence-electron chi connectivity index (χ1n) is 2.34. The van der Waals surface area contributed by atoms with E-state index in [4.69, 9.17) is 0 Å². The van der Waals surface area contributed by atoms with Crippen molar-refractivity contribution >= 4 is 36.0 Å². The first-order valence-corrected chi connectivity index (χ1v) is 6.54. The highest BCUT2D eigenvalue weighted by molar-refractivity contribution is 8.12. The fourth-order valence-electron chi connectivity index (χ4n) is 0.300. The van der Waals surface area contributed by atoms with Gasteiger partial charge in [-0.2, -0.15) is 8.42 Å². The molecule has 0 fully saturated rings. The van der Waals surface area contributed by atoms with E-state index in [1.165, 1.54) is 9.44 Å². The Kier molecular flexibility index (Phi) is 3.30. The Morgan fingerprint density at radius 1 is 1.17 bits per heavy atom. The Morgan fingerprint density at radius 2 is 1.58 bits per heavy atom. The molecule has 0 spiro atoms. The van der Waals surface area contributed by atoms with Gasteiger partial charge in [-0.15, -0.1) is 0 Å². The van der Waals surface area contributed by atoms with Crippen LogP contribution in [-0.4, -0.2) is 29.1 Å². The highest BCUT2D eigenvalue weighted by Gasteiger charge is 2.13. The Labute approximate surface area is 73.7 Å². The maximum Gasteiger partial charge on any atom is 0.342 e. The number of rotatable bonds is 2. The zero-order valence-corrected chi connectivity index (χ0v) is 8.12. The van der Waals surface area contributed by atoms with Gasteiger partial charge in [-0.1, -0.05) is 0 Å². The third-order valence-electron chi connectivity index (χ3n) is 0.493. The molecule has 0 radical (unpaired) electrons. The lowest BCUT2D eigenvalue weighted by Crippen LogP contribution is -2.40. The maximum absolute atomic E-state index is 10.4. The molecular formula is C2H5ClN2O5S2. The Balaban J connectivity index is 4.30. The van der Waals surface area contributed by atoms with E-state index >= 15 is 0 Å². The van der Waals surface area contributed by atoms with Crippen LogP contribution in [0.5, 0.6) is 0 Å². The molecule has 0 aromatic heterocycles. The quantitative estimate of drug-likeness (QED) is 0.581. The summed E-state index contributed by atoms with van der Waals surface area (Å²) in [6.07, 6.45) is 0.688. The molecule has 0 aliphatic heterocycles. The van der Waals surface area contributed by atoms with Crippen LogP contribution in [0.25, 0.3) is 0 Å². The molecule has 0 bridgehead atoms. The minimum Gasteiger partial charge on any atom is -0.247 e. The Bertz CT molecular complexity index is 332. The van der Waals surface area contributed by atoms with Gasteiger partial charge in [0.05, 0.1) is 6.26 Å². The highest BCUT2D eigenvalue weighted by Crippen LogP contribution is 1.88. The summed E-state index contributed by atoms with van der Waals surface area (Å²) in [6, 6.07) is -1.42. The average Bonchev–Trinajstić information content (AvgIpc) is 1.49. The maximum atomic E-state index is 10.4. The lowest BCUT2D eigenvalue weighted by molar-refractivity contribution is 0.251. The van der Waals surface area contributed by atoms with Crippen LogP contribution < -0.4 is 9.44 Å². The van der Waals surface area contributed by atoms with Gasteiger partial charge in [-0.25, -0.2) is 22.7 Å². The van der Waals surface area contributed by atoms with Gasteiger partial charge in [0.2, 0.25) is 10.0 Å². The van der Waals surface area contributed by atoms with Crippen LogP contribution in [-0.2, 0) is 19.3 Å². The largest absolute Gasteiger partial charge is 0.342 e. The summed E-state index contributed by atoms with van der Waals surface area (Å²) >= 11 is 0. The van der Waals surface area contributed by atoms with Crippen molar-refractivity contribution in [3.63, 3.8) is 0 Å². The van der Waals surface area contributed by atoms with Crippen molar-refractivity contribution in [1.29, 1.82) is 0 Å². The predicted octanol–water partition coefficient (Wildman–Crippen LogP) is -1.27. The molecule has 2 amide bonds. The third-order valence-corrected chi connectivity index (χ3v) is 1.71. The number of halogens is 1. The topological polar surface area (TPSA) is 109 Å². The normalized spacial score (nSPS) is 12.2. The van der Waals surface area contributed by atoms with Crippen LogP contribution >= 0.6 is 10.7 Å². The van der Waals surface area contributed by atoms with E-state index in [-0.39, 0.29) is 0 Å². The summed E-state index contributed by atoms with van der Waals surface area (Å²) in [6.45, 7) is 0. The van der Waals surface area contributed by atoms with Gasteiger partial charge in [0.15, 0.2) is 0 Å². The third kappa shape index (κ3) is 7.57. The molecule has 0 heterocycles. The highest BCUT2D eigenvalue weighted by atomic mass is 35.7. The molecule has 10 heteroatoms. The Morgan fingerprint density at radius 3 is 1.83 bits per heavy atom. The van der Waals surface area contributed by atoms with Gasteiger partial charge in [-0.3, -0.25) is 0 Å². The first kappa shape index (κ1) is 11.5. The van der Waals surface area contributed by atoms with Crippen molar-refractivity contribution in [3.8, 4) is 0 Å². The molecule has 0 saturated carbocycles. The molecule has 0 rings (SSSR count). The van der Waals surface area contributed by atoms with E-state index in [0.29, 0.717) is 6.26 Å². The molecule has 0 aromatic carbocycles. The van der Waals surface area contributed by atoms with E-state index in [9.17, 15) is 21.6 Å². The number of nitrogens with one attached hydrogen (secondary N) is 2. The van der Waals surface area contributed by atoms with E-state index in [1.807, 2.05) is 0 Å². The summed E-state index contributed by atoms with van der Waals surface area (Å²) in [5.74, 6) is 0. The van der Waals surface area contributed by atoms with Crippen LogP contribution in [0.3, 0.4) is 0 Å². The Hall–Kier alpha value is -0.540. The fourth-order valence-corrected chi connectivity index (χ4v) is 1.24. The van der Waals surface area contributed by atoms with E-state index in [1.54, 1.807) is 0 Å². The van der Waals surface area contributed by atoms with Gasteiger partial charge < -0.3 is 0 Å². The van der Waals surface area contributed by atoms with Gasteiger partial charge in [0, 0.05) is 10.7 Å². The van der Waals surface area contributed by atoms with Crippen molar-refractivity contribution in [2.75, 3.05) is 6.26 Å². The molecule has 0 atom stereocenters. The van der Waals surface area contributed by atoms with Gasteiger partial charge in [-0.05, 0) is 0 Å². The molecule has 0 aliphatic carbocycles. The second-order valence-electron chi connectivity index (χ2n) is 1.74. The molecular weight excluding hydrogens is 232 g/mol. The van der Waals surface area contributed by atoms with E-state index in [0.717, 1.165) is 0 Å². The minimum absolute atomic E-state index is 0.688. The van der Waals surface area contributed by atoms with Crippen molar-refractivity contribution in [2.24, 2.45) is 0 Å². The van der Waals surface area contributed by atoms with Crippen molar-refractivity contribution < 1.29 is 21.6 Å². The molecule has 0 aliphatic rings. The van der Waals surface area contributed by atoms with Gasteiger partial charge in [0.1, 0.15) is 0 Å². The van der Waals surface area contributed by atoms with Crippen LogP contribution in [0.15, 0.2) is 0 Å². The summed E-state index contributed by atoms with van der Waals surface area (Å²) in [5.41, 5.74) is 0. The SMILES string of the molecule is CS(=O)(=O)NC(=O)NS(=O)(=O)Cl. The lowest BCUT2D eigenvalue weighted by Gasteiger charge is -2.00. The molecule has 0 aromatic rings. The second kappa shape index (κ2) is 3.46. The molecule has 2 N–H and O–H groups in total. The molecule has 7 nitrogen and oxygen atoms in total. The molecule has 0 saturated heterocycles. The first-order chi connectivity index (χ1) is 5.10. The lowest BCUT2D eigenvalue weighted by atomic mass is 11.2.